The molecule has 0 bridgehead atoms. The fourth-order valence-corrected chi connectivity index (χ4v) is 4.36. The molecule has 7 nitrogen and oxygen atoms in total. The molecular weight excluding hydrogens is 436 g/mol. The summed E-state index contributed by atoms with van der Waals surface area (Å²) in [5, 5.41) is 23.1. The lowest BCUT2D eigenvalue weighted by molar-refractivity contribution is -0.113. The molecule has 1 amide bonds. The molecule has 0 unspecified atom stereocenters. The van der Waals surface area contributed by atoms with Crippen molar-refractivity contribution in [2.75, 3.05) is 11.1 Å². The first kappa shape index (κ1) is 19.5. The summed E-state index contributed by atoms with van der Waals surface area (Å²) in [4.78, 5) is 28.2. The van der Waals surface area contributed by atoms with Crippen LogP contribution in [0.4, 0.5) is 5.69 Å². The van der Waals surface area contributed by atoms with E-state index in [1.807, 2.05) is 36.4 Å². The Hall–Kier alpha value is -3.49. The van der Waals surface area contributed by atoms with Gasteiger partial charge in [-0.3, -0.25) is 4.79 Å². The zero-order chi connectivity index (χ0) is 21.5. The number of thioether (sulfide) groups is 1. The highest BCUT2D eigenvalue weighted by Crippen LogP contribution is 2.44. The minimum absolute atomic E-state index is 0.0443. The Morgan fingerprint density at radius 2 is 1.74 bits per heavy atom. The van der Waals surface area contributed by atoms with Crippen LogP contribution in [0.1, 0.15) is 10.4 Å². The maximum atomic E-state index is 12.3. The highest BCUT2D eigenvalue weighted by atomic mass is 35.5. The van der Waals surface area contributed by atoms with Crippen LogP contribution in [0.2, 0.25) is 5.02 Å². The van der Waals surface area contributed by atoms with Gasteiger partial charge in [0.25, 0.3) is 0 Å². The van der Waals surface area contributed by atoms with Crippen LogP contribution in [0.5, 0.6) is 0 Å². The standard InChI is InChI=1S/C22H13ClN4O3S/c23-16-8-7-12(9-15(16)21(29)30)24-17(28)10-31-22-25-19-13-5-1-3-11-4-2-6-14(18(11)13)20(19)26-27-22/h1-9H,10H2,(H,24,28)(H,29,30). The van der Waals surface area contributed by atoms with Gasteiger partial charge in [0.15, 0.2) is 0 Å². The van der Waals surface area contributed by atoms with Crippen molar-refractivity contribution in [1.82, 2.24) is 15.2 Å². The summed E-state index contributed by atoms with van der Waals surface area (Å²) in [6, 6.07) is 16.4. The number of anilines is 1. The highest BCUT2D eigenvalue weighted by molar-refractivity contribution is 7.99. The lowest BCUT2D eigenvalue weighted by atomic mass is 10.0. The van der Waals surface area contributed by atoms with E-state index in [0.29, 0.717) is 10.8 Å². The van der Waals surface area contributed by atoms with E-state index < -0.39 is 5.97 Å². The third-order valence-corrected chi connectivity index (χ3v) is 6.06. The number of nitrogens with zero attached hydrogens (tertiary/aromatic N) is 3. The predicted octanol–water partition coefficient (Wildman–Crippen LogP) is 4.75. The molecule has 2 N–H and O–H groups in total. The van der Waals surface area contributed by atoms with E-state index in [4.69, 9.17) is 16.7 Å². The number of halogens is 1. The molecule has 1 heterocycles. The van der Waals surface area contributed by atoms with Crippen LogP contribution < -0.4 is 5.32 Å². The van der Waals surface area contributed by atoms with Gasteiger partial charge >= 0.3 is 5.97 Å². The zero-order valence-corrected chi connectivity index (χ0v) is 17.4. The molecule has 1 aliphatic rings. The number of aromatic carboxylic acids is 1. The molecule has 0 saturated carbocycles. The molecule has 9 heteroatoms. The number of carbonyl (C=O) groups is 2. The van der Waals surface area contributed by atoms with E-state index in [2.05, 4.69) is 20.5 Å². The maximum Gasteiger partial charge on any atom is 0.337 e. The highest BCUT2D eigenvalue weighted by Gasteiger charge is 2.25. The summed E-state index contributed by atoms with van der Waals surface area (Å²) in [5.74, 6) is -1.44. The van der Waals surface area contributed by atoms with Crippen molar-refractivity contribution >= 4 is 51.7 Å². The Labute approximate surface area is 185 Å². The second-order valence-corrected chi connectivity index (χ2v) is 8.19. The number of carboxylic acid groups (broad SMARTS) is 1. The summed E-state index contributed by atoms with van der Waals surface area (Å²) in [7, 11) is 0. The summed E-state index contributed by atoms with van der Waals surface area (Å²) in [5.41, 5.74) is 3.78. The van der Waals surface area contributed by atoms with Crippen molar-refractivity contribution in [3.05, 3.63) is 65.2 Å². The average Bonchev–Trinajstić information content (AvgIpc) is 3.09. The number of hydrogen-bond acceptors (Lipinski definition) is 6. The molecule has 5 rings (SSSR count). The monoisotopic (exact) mass is 448 g/mol. The Morgan fingerprint density at radius 3 is 2.48 bits per heavy atom. The Balaban J connectivity index is 1.33. The predicted molar refractivity (Wildman–Crippen MR) is 120 cm³/mol. The first-order valence-corrected chi connectivity index (χ1v) is 10.6. The van der Waals surface area contributed by atoms with E-state index in [1.54, 1.807) is 6.07 Å². The first-order chi connectivity index (χ1) is 15.0. The van der Waals surface area contributed by atoms with Crippen molar-refractivity contribution in [2.45, 2.75) is 5.16 Å². The molecule has 0 aliphatic heterocycles. The Bertz CT molecular complexity index is 1390. The third-order valence-electron chi connectivity index (χ3n) is 4.90. The molecule has 1 aliphatic carbocycles. The van der Waals surface area contributed by atoms with Crippen LogP contribution >= 0.6 is 23.4 Å². The van der Waals surface area contributed by atoms with Gasteiger partial charge < -0.3 is 10.4 Å². The van der Waals surface area contributed by atoms with Crippen molar-refractivity contribution in [3.8, 4) is 22.5 Å². The number of fused-ring (bicyclic) bond motifs is 3. The van der Waals surface area contributed by atoms with Gasteiger partial charge in [-0.05, 0) is 23.6 Å². The fraction of sp³-hybridized carbons (Fsp3) is 0.0455. The summed E-state index contributed by atoms with van der Waals surface area (Å²) in [6.07, 6.45) is 0. The van der Waals surface area contributed by atoms with Gasteiger partial charge in [0.05, 0.1) is 16.3 Å². The van der Waals surface area contributed by atoms with Crippen LogP contribution in [0.15, 0.2) is 59.8 Å². The maximum absolute atomic E-state index is 12.3. The topological polar surface area (TPSA) is 105 Å². The van der Waals surface area contributed by atoms with E-state index in [-0.39, 0.29) is 22.2 Å². The summed E-state index contributed by atoms with van der Waals surface area (Å²) >= 11 is 7.01. The molecule has 3 aromatic carbocycles. The number of rotatable bonds is 5. The second kappa shape index (κ2) is 7.64. The number of hydrogen-bond donors (Lipinski definition) is 2. The van der Waals surface area contributed by atoms with Crippen LogP contribution in [-0.4, -0.2) is 37.9 Å². The van der Waals surface area contributed by atoms with Gasteiger partial charge in [0.2, 0.25) is 11.1 Å². The van der Waals surface area contributed by atoms with Gasteiger partial charge in [0, 0.05) is 22.2 Å². The first-order valence-electron chi connectivity index (χ1n) is 9.24. The van der Waals surface area contributed by atoms with Gasteiger partial charge in [-0.15, -0.1) is 10.2 Å². The molecule has 0 fully saturated rings. The average molecular weight is 449 g/mol. The molecule has 0 saturated heterocycles. The van der Waals surface area contributed by atoms with E-state index in [0.717, 1.165) is 45.0 Å². The Kier molecular flexibility index (Phi) is 4.80. The largest absolute Gasteiger partial charge is 0.478 e. The normalized spacial score (nSPS) is 11.4. The molecule has 0 spiro atoms. The van der Waals surface area contributed by atoms with Gasteiger partial charge in [-0.25, -0.2) is 9.78 Å². The molecule has 1 aromatic heterocycles. The number of nitrogens with one attached hydrogen (secondary N) is 1. The van der Waals surface area contributed by atoms with Crippen molar-refractivity contribution in [3.63, 3.8) is 0 Å². The minimum Gasteiger partial charge on any atom is -0.478 e. The third kappa shape index (κ3) is 3.49. The molecule has 0 atom stereocenters. The number of carbonyl (C=O) groups excluding carboxylic acids is 1. The van der Waals surface area contributed by atoms with Gasteiger partial charge in [0.1, 0.15) is 11.4 Å². The minimum atomic E-state index is -1.16. The zero-order valence-electron chi connectivity index (χ0n) is 15.8. The van der Waals surface area contributed by atoms with E-state index in [1.165, 1.54) is 12.1 Å². The van der Waals surface area contributed by atoms with Crippen LogP contribution in [0.25, 0.3) is 33.3 Å². The Morgan fingerprint density at radius 1 is 1.00 bits per heavy atom. The van der Waals surface area contributed by atoms with Crippen molar-refractivity contribution < 1.29 is 14.7 Å². The number of aromatic nitrogens is 3. The van der Waals surface area contributed by atoms with Gasteiger partial charge in [-0.2, -0.15) is 0 Å². The van der Waals surface area contributed by atoms with Crippen LogP contribution in [0.3, 0.4) is 0 Å². The van der Waals surface area contributed by atoms with Gasteiger partial charge in [-0.1, -0.05) is 59.8 Å². The smallest absolute Gasteiger partial charge is 0.337 e. The lowest BCUT2D eigenvalue weighted by Gasteiger charge is -2.07. The van der Waals surface area contributed by atoms with Crippen molar-refractivity contribution in [1.29, 1.82) is 0 Å². The lowest BCUT2D eigenvalue weighted by Crippen LogP contribution is -2.15. The molecule has 152 valence electrons. The fourth-order valence-electron chi connectivity index (χ4n) is 3.57. The van der Waals surface area contributed by atoms with Crippen LogP contribution in [0, 0.1) is 0 Å². The molecular formula is C22H13ClN4O3S. The quantitative estimate of drug-likeness (QED) is 0.373. The van der Waals surface area contributed by atoms with Crippen LogP contribution in [-0.2, 0) is 4.79 Å². The summed E-state index contributed by atoms with van der Waals surface area (Å²) in [6.45, 7) is 0. The number of carboxylic acids is 1. The molecule has 0 radical (unpaired) electrons. The molecule has 4 aromatic rings. The molecule has 31 heavy (non-hydrogen) atoms. The van der Waals surface area contributed by atoms with Crippen molar-refractivity contribution in [2.24, 2.45) is 0 Å². The van der Waals surface area contributed by atoms with E-state index >= 15 is 0 Å². The number of amides is 1. The number of benzene rings is 3. The van der Waals surface area contributed by atoms with E-state index in [9.17, 15) is 9.59 Å². The second-order valence-electron chi connectivity index (χ2n) is 6.84. The summed E-state index contributed by atoms with van der Waals surface area (Å²) < 4.78 is 0. The SMILES string of the molecule is O=C(CSc1nnc2c(n1)-c1cccc3cccc-2c13)Nc1ccc(Cl)c(C(=O)O)c1.